The van der Waals surface area contributed by atoms with E-state index in [0.717, 1.165) is 39.3 Å². The Labute approximate surface area is 135 Å². The standard InChI is InChI=1S/C17H16N2O2.ClH/c1-11-7-14(8-16(20-3)12(11)2)17-15(10-19-21-17)13-5-4-6-18-9-13;/h4-10H,1-3H3;1H. The van der Waals surface area contributed by atoms with Crippen LogP contribution in [0.3, 0.4) is 0 Å². The van der Waals surface area contributed by atoms with Gasteiger partial charge in [-0.15, -0.1) is 12.4 Å². The highest BCUT2D eigenvalue weighted by Gasteiger charge is 2.15. The summed E-state index contributed by atoms with van der Waals surface area (Å²) in [7, 11) is 1.67. The van der Waals surface area contributed by atoms with E-state index < -0.39 is 0 Å². The van der Waals surface area contributed by atoms with Crippen molar-refractivity contribution in [2.45, 2.75) is 13.8 Å². The third-order valence-corrected chi connectivity index (χ3v) is 3.64. The SMILES string of the molecule is COc1cc(-c2oncc2-c2cccnc2)cc(C)c1C.Cl. The molecule has 4 nitrogen and oxygen atoms in total. The first-order valence-electron chi connectivity index (χ1n) is 6.71. The predicted molar refractivity (Wildman–Crippen MR) is 88.4 cm³/mol. The lowest BCUT2D eigenvalue weighted by atomic mass is 9.99. The Balaban J connectivity index is 0.00000176. The number of pyridine rings is 1. The number of hydrogen-bond donors (Lipinski definition) is 0. The zero-order valence-electron chi connectivity index (χ0n) is 12.7. The Hall–Kier alpha value is -2.33. The van der Waals surface area contributed by atoms with Crippen molar-refractivity contribution in [1.82, 2.24) is 10.1 Å². The van der Waals surface area contributed by atoms with Crippen LogP contribution in [0.4, 0.5) is 0 Å². The van der Waals surface area contributed by atoms with Gasteiger partial charge in [-0.2, -0.15) is 0 Å². The highest BCUT2D eigenvalue weighted by atomic mass is 35.5. The summed E-state index contributed by atoms with van der Waals surface area (Å²) in [6.45, 7) is 4.10. The fourth-order valence-electron chi connectivity index (χ4n) is 2.35. The van der Waals surface area contributed by atoms with E-state index in [1.165, 1.54) is 0 Å². The largest absolute Gasteiger partial charge is 0.496 e. The summed E-state index contributed by atoms with van der Waals surface area (Å²) in [5, 5.41) is 3.94. The van der Waals surface area contributed by atoms with E-state index in [0.29, 0.717) is 0 Å². The zero-order chi connectivity index (χ0) is 14.8. The van der Waals surface area contributed by atoms with Crippen molar-refractivity contribution in [3.05, 3.63) is 54.0 Å². The van der Waals surface area contributed by atoms with Crippen LogP contribution in [0.15, 0.2) is 47.4 Å². The van der Waals surface area contributed by atoms with Crippen LogP contribution in [0.1, 0.15) is 11.1 Å². The number of methoxy groups -OCH3 is 1. The van der Waals surface area contributed by atoms with E-state index in [4.69, 9.17) is 9.26 Å². The van der Waals surface area contributed by atoms with E-state index in [1.54, 1.807) is 25.7 Å². The van der Waals surface area contributed by atoms with E-state index >= 15 is 0 Å². The molecule has 0 amide bonds. The van der Waals surface area contributed by atoms with Crippen LogP contribution in [0, 0.1) is 13.8 Å². The minimum absolute atomic E-state index is 0. The summed E-state index contributed by atoms with van der Waals surface area (Å²) in [5.74, 6) is 1.57. The highest BCUT2D eigenvalue weighted by Crippen LogP contribution is 2.35. The van der Waals surface area contributed by atoms with Crippen LogP contribution >= 0.6 is 12.4 Å². The minimum Gasteiger partial charge on any atom is -0.496 e. The summed E-state index contributed by atoms with van der Waals surface area (Å²) >= 11 is 0. The topological polar surface area (TPSA) is 48.2 Å². The minimum atomic E-state index is 0. The van der Waals surface area contributed by atoms with Gasteiger partial charge in [0.2, 0.25) is 0 Å². The van der Waals surface area contributed by atoms with Gasteiger partial charge in [0.15, 0.2) is 5.76 Å². The van der Waals surface area contributed by atoms with Gasteiger partial charge in [-0.3, -0.25) is 4.98 Å². The normalized spacial score (nSPS) is 10.1. The molecule has 114 valence electrons. The molecular weight excluding hydrogens is 300 g/mol. The molecule has 0 spiro atoms. The lowest BCUT2D eigenvalue weighted by Gasteiger charge is -2.10. The van der Waals surface area contributed by atoms with E-state index in [1.807, 2.05) is 25.1 Å². The lowest BCUT2D eigenvalue weighted by molar-refractivity contribution is 0.410. The van der Waals surface area contributed by atoms with Gasteiger partial charge in [0, 0.05) is 23.5 Å². The first kappa shape index (κ1) is 16.0. The maximum atomic E-state index is 5.47. The lowest BCUT2D eigenvalue weighted by Crippen LogP contribution is -1.92. The van der Waals surface area contributed by atoms with E-state index in [2.05, 4.69) is 23.1 Å². The molecule has 22 heavy (non-hydrogen) atoms. The number of ether oxygens (including phenoxy) is 1. The summed E-state index contributed by atoms with van der Waals surface area (Å²) in [4.78, 5) is 4.15. The monoisotopic (exact) mass is 316 g/mol. The summed E-state index contributed by atoms with van der Waals surface area (Å²) in [5.41, 5.74) is 5.13. The summed E-state index contributed by atoms with van der Waals surface area (Å²) in [6.07, 6.45) is 5.26. The second-order valence-corrected chi connectivity index (χ2v) is 4.93. The molecule has 0 fully saturated rings. The van der Waals surface area contributed by atoms with E-state index in [-0.39, 0.29) is 12.4 Å². The number of aryl methyl sites for hydroxylation is 1. The third-order valence-electron chi connectivity index (χ3n) is 3.64. The highest BCUT2D eigenvalue weighted by molar-refractivity contribution is 5.85. The summed E-state index contributed by atoms with van der Waals surface area (Å²) < 4.78 is 10.9. The molecule has 0 saturated heterocycles. The van der Waals surface area contributed by atoms with Gasteiger partial charge in [-0.1, -0.05) is 11.2 Å². The average Bonchev–Trinajstić information content (AvgIpc) is 3.00. The molecule has 0 aliphatic carbocycles. The second kappa shape index (κ2) is 6.62. The number of rotatable bonds is 3. The van der Waals surface area contributed by atoms with E-state index in [9.17, 15) is 0 Å². The number of halogens is 1. The molecule has 0 radical (unpaired) electrons. The van der Waals surface area contributed by atoms with Gasteiger partial charge in [0.25, 0.3) is 0 Å². The molecule has 3 rings (SSSR count). The third kappa shape index (κ3) is 2.83. The van der Waals surface area contributed by atoms with Gasteiger partial charge in [0.1, 0.15) is 5.75 Å². The van der Waals surface area contributed by atoms with Crippen molar-refractivity contribution < 1.29 is 9.26 Å². The molecule has 0 aliphatic rings. The molecule has 0 aliphatic heterocycles. The van der Waals surface area contributed by atoms with Gasteiger partial charge < -0.3 is 9.26 Å². The molecule has 0 saturated carbocycles. The van der Waals surface area contributed by atoms with Crippen molar-refractivity contribution >= 4 is 12.4 Å². The van der Waals surface area contributed by atoms with Crippen molar-refractivity contribution in [3.63, 3.8) is 0 Å². The molecule has 2 aromatic heterocycles. The Morgan fingerprint density at radius 2 is 1.91 bits per heavy atom. The van der Waals surface area contributed by atoms with Gasteiger partial charge in [-0.25, -0.2) is 0 Å². The molecule has 0 atom stereocenters. The molecule has 1 aromatic carbocycles. The van der Waals surface area contributed by atoms with Crippen molar-refractivity contribution in [2.24, 2.45) is 0 Å². The maximum Gasteiger partial charge on any atom is 0.174 e. The molecule has 0 bridgehead atoms. The summed E-state index contributed by atoms with van der Waals surface area (Å²) in [6, 6.07) is 7.94. The van der Waals surface area contributed by atoms with Gasteiger partial charge >= 0.3 is 0 Å². The first-order chi connectivity index (χ1) is 10.2. The van der Waals surface area contributed by atoms with Crippen molar-refractivity contribution in [3.8, 4) is 28.2 Å². The van der Waals surface area contributed by atoms with Crippen LogP contribution in [0.2, 0.25) is 0 Å². The van der Waals surface area contributed by atoms with Crippen molar-refractivity contribution in [1.29, 1.82) is 0 Å². The van der Waals surface area contributed by atoms with Crippen LogP contribution < -0.4 is 4.74 Å². The second-order valence-electron chi connectivity index (χ2n) is 4.93. The molecule has 2 heterocycles. The van der Waals surface area contributed by atoms with Crippen LogP contribution in [-0.4, -0.2) is 17.3 Å². The Kier molecular flexibility index (Phi) is 4.83. The zero-order valence-corrected chi connectivity index (χ0v) is 13.5. The molecular formula is C17H17ClN2O2. The van der Waals surface area contributed by atoms with Crippen LogP contribution in [-0.2, 0) is 0 Å². The molecule has 3 aromatic rings. The molecule has 0 unspecified atom stereocenters. The Morgan fingerprint density at radius 3 is 2.59 bits per heavy atom. The van der Waals surface area contributed by atoms with Crippen molar-refractivity contribution in [2.75, 3.05) is 7.11 Å². The first-order valence-corrected chi connectivity index (χ1v) is 6.71. The number of hydrogen-bond acceptors (Lipinski definition) is 4. The van der Waals surface area contributed by atoms with Crippen LogP contribution in [0.5, 0.6) is 5.75 Å². The average molecular weight is 317 g/mol. The Morgan fingerprint density at radius 1 is 1.09 bits per heavy atom. The smallest absolute Gasteiger partial charge is 0.174 e. The maximum absolute atomic E-state index is 5.47. The van der Waals surface area contributed by atoms with Crippen LogP contribution in [0.25, 0.3) is 22.5 Å². The fraction of sp³-hybridized carbons (Fsp3) is 0.176. The number of nitrogens with zero attached hydrogens (tertiary/aromatic N) is 2. The predicted octanol–water partition coefficient (Wildman–Crippen LogP) is 4.45. The van der Waals surface area contributed by atoms with Gasteiger partial charge in [0.05, 0.1) is 18.9 Å². The number of benzene rings is 1. The number of aromatic nitrogens is 2. The molecule has 5 heteroatoms. The quantitative estimate of drug-likeness (QED) is 0.716. The fourth-order valence-corrected chi connectivity index (χ4v) is 2.35. The molecule has 0 N–H and O–H groups in total. The van der Waals surface area contributed by atoms with Gasteiger partial charge in [-0.05, 0) is 43.2 Å². The Bertz CT molecular complexity index is 770.